The molecule has 0 bridgehead atoms. The zero-order valence-electron chi connectivity index (χ0n) is 10.7. The molecule has 21 heavy (non-hydrogen) atoms. The fraction of sp³-hybridized carbons (Fsp3) is 0.143. The Morgan fingerprint density at radius 3 is 3.00 bits per heavy atom. The van der Waals surface area contributed by atoms with Crippen molar-refractivity contribution >= 4 is 51.4 Å². The van der Waals surface area contributed by atoms with E-state index in [1.807, 2.05) is 12.1 Å². The molecule has 0 aliphatic heterocycles. The van der Waals surface area contributed by atoms with E-state index in [0.717, 1.165) is 16.5 Å². The number of thiazole rings is 1. The van der Waals surface area contributed by atoms with Crippen molar-refractivity contribution in [3.05, 3.63) is 50.5 Å². The van der Waals surface area contributed by atoms with Gasteiger partial charge in [-0.05, 0) is 17.7 Å². The van der Waals surface area contributed by atoms with E-state index < -0.39 is 0 Å². The van der Waals surface area contributed by atoms with Crippen LogP contribution in [0.4, 0.5) is 0 Å². The highest BCUT2D eigenvalue weighted by Crippen LogP contribution is 2.23. The van der Waals surface area contributed by atoms with Gasteiger partial charge in [0.1, 0.15) is 6.61 Å². The van der Waals surface area contributed by atoms with E-state index in [0.29, 0.717) is 15.2 Å². The second kappa shape index (κ2) is 6.05. The van der Waals surface area contributed by atoms with E-state index in [2.05, 4.69) is 9.97 Å². The zero-order chi connectivity index (χ0) is 14.8. The van der Waals surface area contributed by atoms with E-state index in [4.69, 9.17) is 27.9 Å². The Balaban J connectivity index is 1.66. The third kappa shape index (κ3) is 3.37. The molecule has 0 fully saturated rings. The number of carbonyl (C=O) groups is 1. The van der Waals surface area contributed by atoms with Crippen LogP contribution in [0.25, 0.3) is 10.9 Å². The molecule has 0 atom stereocenters. The molecule has 108 valence electrons. The van der Waals surface area contributed by atoms with E-state index in [-0.39, 0.29) is 19.0 Å². The van der Waals surface area contributed by atoms with E-state index in [1.54, 1.807) is 17.6 Å². The van der Waals surface area contributed by atoms with Crippen molar-refractivity contribution in [1.82, 2.24) is 9.97 Å². The van der Waals surface area contributed by atoms with Crippen molar-refractivity contribution in [2.24, 2.45) is 0 Å². The summed E-state index contributed by atoms with van der Waals surface area (Å²) < 4.78 is 5.63. The number of halogens is 2. The molecule has 2 heterocycles. The van der Waals surface area contributed by atoms with Gasteiger partial charge in [0.2, 0.25) is 0 Å². The lowest BCUT2D eigenvalue weighted by Crippen LogP contribution is -2.07. The van der Waals surface area contributed by atoms with Crippen molar-refractivity contribution in [3.63, 3.8) is 0 Å². The molecule has 1 aromatic carbocycles. The average Bonchev–Trinajstić information content (AvgIpc) is 3.03. The van der Waals surface area contributed by atoms with Crippen molar-refractivity contribution in [2.75, 3.05) is 0 Å². The van der Waals surface area contributed by atoms with Crippen LogP contribution in [-0.4, -0.2) is 15.9 Å². The number of esters is 1. The minimum atomic E-state index is -0.310. The van der Waals surface area contributed by atoms with Crippen LogP contribution in [-0.2, 0) is 22.6 Å². The Kier molecular flexibility index (Phi) is 4.14. The van der Waals surface area contributed by atoms with E-state index >= 15 is 0 Å². The molecule has 1 N–H and O–H groups in total. The van der Waals surface area contributed by atoms with Gasteiger partial charge >= 0.3 is 5.97 Å². The van der Waals surface area contributed by atoms with Gasteiger partial charge in [-0.3, -0.25) is 4.79 Å². The lowest BCUT2D eigenvalue weighted by molar-refractivity contribution is -0.144. The van der Waals surface area contributed by atoms with Crippen molar-refractivity contribution in [1.29, 1.82) is 0 Å². The fourth-order valence-corrected chi connectivity index (χ4v) is 2.95. The molecule has 0 aliphatic rings. The Labute approximate surface area is 134 Å². The number of nitrogens with zero attached hydrogens (tertiary/aromatic N) is 1. The monoisotopic (exact) mass is 340 g/mol. The largest absolute Gasteiger partial charge is 0.459 e. The van der Waals surface area contributed by atoms with Gasteiger partial charge in [0, 0.05) is 27.5 Å². The third-order valence-corrected chi connectivity index (χ3v) is 4.23. The summed E-state index contributed by atoms with van der Waals surface area (Å²) in [5.41, 5.74) is 2.43. The second-order valence-electron chi connectivity index (χ2n) is 4.43. The smallest absolute Gasteiger partial charge is 0.310 e. The summed E-state index contributed by atoms with van der Waals surface area (Å²) in [7, 11) is 0. The lowest BCUT2D eigenvalue weighted by Gasteiger charge is -2.02. The van der Waals surface area contributed by atoms with Crippen LogP contribution in [0.1, 0.15) is 11.3 Å². The number of rotatable bonds is 4. The molecule has 0 saturated heterocycles. The van der Waals surface area contributed by atoms with Crippen LogP contribution < -0.4 is 0 Å². The van der Waals surface area contributed by atoms with Crippen molar-refractivity contribution in [2.45, 2.75) is 13.0 Å². The number of nitrogens with one attached hydrogen (secondary N) is 1. The fourth-order valence-electron chi connectivity index (χ4n) is 2.01. The standard InChI is InChI=1S/C14H10Cl2N2O2S/c15-9-1-2-11-8(5-17-12(11)4-9)3-13(19)20-6-10-7-21-14(16)18-10/h1-2,4-5,7,17H,3,6H2. The van der Waals surface area contributed by atoms with Gasteiger partial charge in [-0.15, -0.1) is 11.3 Å². The predicted molar refractivity (Wildman–Crippen MR) is 83.9 cm³/mol. The molecule has 0 radical (unpaired) electrons. The van der Waals surface area contributed by atoms with E-state index in [9.17, 15) is 4.79 Å². The topological polar surface area (TPSA) is 55.0 Å². The third-order valence-electron chi connectivity index (χ3n) is 2.97. The van der Waals surface area contributed by atoms with Crippen LogP contribution >= 0.6 is 34.5 Å². The van der Waals surface area contributed by atoms with Gasteiger partial charge in [-0.2, -0.15) is 0 Å². The van der Waals surface area contributed by atoms with Crippen LogP contribution in [0.3, 0.4) is 0 Å². The maximum Gasteiger partial charge on any atom is 0.310 e. The molecule has 3 rings (SSSR count). The highest BCUT2D eigenvalue weighted by molar-refractivity contribution is 7.13. The zero-order valence-corrected chi connectivity index (χ0v) is 13.1. The van der Waals surface area contributed by atoms with Crippen molar-refractivity contribution in [3.8, 4) is 0 Å². The van der Waals surface area contributed by atoms with Crippen LogP contribution in [0.15, 0.2) is 29.8 Å². The minimum Gasteiger partial charge on any atom is -0.459 e. The second-order valence-corrected chi connectivity index (χ2v) is 6.31. The highest BCUT2D eigenvalue weighted by atomic mass is 35.5. The van der Waals surface area contributed by atoms with Crippen LogP contribution in [0.2, 0.25) is 9.49 Å². The summed E-state index contributed by atoms with van der Waals surface area (Å²) in [6.07, 6.45) is 1.99. The molecule has 0 spiro atoms. The van der Waals surface area contributed by atoms with Gasteiger partial charge in [0.05, 0.1) is 12.1 Å². The van der Waals surface area contributed by atoms with E-state index in [1.165, 1.54) is 11.3 Å². The van der Waals surface area contributed by atoms with Gasteiger partial charge in [0.15, 0.2) is 4.47 Å². The average molecular weight is 341 g/mol. The predicted octanol–water partition coefficient (Wildman–Crippen LogP) is 4.22. The first-order chi connectivity index (χ1) is 10.1. The number of benzene rings is 1. The number of fused-ring (bicyclic) bond motifs is 1. The van der Waals surface area contributed by atoms with Crippen molar-refractivity contribution < 1.29 is 9.53 Å². The van der Waals surface area contributed by atoms with Gasteiger partial charge < -0.3 is 9.72 Å². The van der Waals surface area contributed by atoms with Gasteiger partial charge in [-0.25, -0.2) is 4.98 Å². The maximum atomic E-state index is 11.9. The van der Waals surface area contributed by atoms with Gasteiger partial charge in [-0.1, -0.05) is 29.3 Å². The number of hydrogen-bond acceptors (Lipinski definition) is 4. The molecular formula is C14H10Cl2N2O2S. The molecule has 7 heteroatoms. The Bertz CT molecular complexity index is 797. The number of aromatic amines is 1. The first-order valence-corrected chi connectivity index (χ1v) is 7.76. The van der Waals surface area contributed by atoms with Gasteiger partial charge in [0.25, 0.3) is 0 Å². The number of ether oxygens (including phenoxy) is 1. The normalized spacial score (nSPS) is 11.0. The molecular weight excluding hydrogens is 331 g/mol. The summed E-state index contributed by atoms with van der Waals surface area (Å²) in [4.78, 5) is 19.0. The minimum absolute atomic E-state index is 0.135. The summed E-state index contributed by atoms with van der Waals surface area (Å²) in [5, 5.41) is 3.38. The summed E-state index contributed by atoms with van der Waals surface area (Å²) in [6.45, 7) is 0.135. The van der Waals surface area contributed by atoms with Crippen LogP contribution in [0, 0.1) is 0 Å². The molecule has 4 nitrogen and oxygen atoms in total. The lowest BCUT2D eigenvalue weighted by atomic mass is 10.1. The number of carbonyl (C=O) groups excluding carboxylic acids is 1. The summed E-state index contributed by atoms with van der Waals surface area (Å²) in [6, 6.07) is 5.50. The first-order valence-electron chi connectivity index (χ1n) is 6.13. The molecule has 0 amide bonds. The van der Waals surface area contributed by atoms with Crippen LogP contribution in [0.5, 0.6) is 0 Å². The molecule has 0 aliphatic carbocycles. The number of hydrogen-bond donors (Lipinski definition) is 1. The quantitative estimate of drug-likeness (QED) is 0.723. The molecule has 3 aromatic rings. The Hall–Kier alpha value is -1.56. The number of H-pyrrole nitrogens is 1. The summed E-state index contributed by atoms with van der Waals surface area (Å²) in [5.74, 6) is -0.310. The Morgan fingerprint density at radius 2 is 2.24 bits per heavy atom. The SMILES string of the molecule is O=C(Cc1c[nH]c2cc(Cl)ccc12)OCc1csc(Cl)n1. The first kappa shape index (κ1) is 14.4. The number of aromatic nitrogens is 2. The summed E-state index contributed by atoms with van der Waals surface area (Å²) >= 11 is 13.0. The molecule has 0 unspecified atom stereocenters. The highest BCUT2D eigenvalue weighted by Gasteiger charge is 2.11. The maximum absolute atomic E-state index is 11.9. The molecule has 0 saturated carbocycles. The molecule has 2 aromatic heterocycles. The Morgan fingerprint density at radius 1 is 1.38 bits per heavy atom.